The fourth-order valence-corrected chi connectivity index (χ4v) is 3.69. The van der Waals surface area contributed by atoms with E-state index in [4.69, 9.17) is 11.6 Å². The summed E-state index contributed by atoms with van der Waals surface area (Å²) in [6.07, 6.45) is 1.25. The van der Waals surface area contributed by atoms with Gasteiger partial charge in [0.25, 0.3) is 0 Å². The summed E-state index contributed by atoms with van der Waals surface area (Å²) in [7, 11) is 0. The summed E-state index contributed by atoms with van der Waals surface area (Å²) in [6.45, 7) is 6.33. The molecule has 28 heavy (non-hydrogen) atoms. The summed E-state index contributed by atoms with van der Waals surface area (Å²) in [5.41, 5.74) is 2.28. The van der Waals surface area contributed by atoms with E-state index in [2.05, 4.69) is 39.4 Å². The molecule has 0 aromatic heterocycles. The summed E-state index contributed by atoms with van der Waals surface area (Å²) in [4.78, 5) is 28.8. The minimum atomic E-state index is -0.215. The monoisotopic (exact) mass is 399 g/mol. The molecule has 2 aromatic rings. The number of hydrogen-bond acceptors (Lipinski definition) is 4. The van der Waals surface area contributed by atoms with Crippen LogP contribution in [0.5, 0.6) is 0 Å². The van der Waals surface area contributed by atoms with Crippen LogP contribution in [0.15, 0.2) is 48.5 Å². The molecule has 2 aromatic carbocycles. The van der Waals surface area contributed by atoms with Gasteiger partial charge < -0.3 is 10.2 Å². The molecule has 148 valence electrons. The predicted molar refractivity (Wildman–Crippen MR) is 114 cm³/mol. The fraction of sp³-hybridized carbons (Fsp3) is 0.364. The fourth-order valence-electron chi connectivity index (χ4n) is 3.52. The van der Waals surface area contributed by atoms with Crippen LogP contribution in [0.2, 0.25) is 5.02 Å². The van der Waals surface area contributed by atoms with Crippen molar-refractivity contribution in [1.82, 2.24) is 4.90 Å². The smallest absolute Gasteiger partial charge is 0.221 e. The number of rotatable bonds is 7. The van der Waals surface area contributed by atoms with Gasteiger partial charge in [0.05, 0.1) is 5.69 Å². The molecule has 0 unspecified atom stereocenters. The van der Waals surface area contributed by atoms with Crippen molar-refractivity contribution in [2.45, 2.75) is 19.8 Å². The van der Waals surface area contributed by atoms with Crippen LogP contribution < -0.4 is 10.2 Å². The van der Waals surface area contributed by atoms with Crippen molar-refractivity contribution in [3.05, 3.63) is 59.1 Å². The lowest BCUT2D eigenvalue weighted by atomic mass is 10.0. The Morgan fingerprint density at radius 1 is 1.04 bits per heavy atom. The molecule has 1 amide bonds. The first-order valence-electron chi connectivity index (χ1n) is 9.65. The number of carbonyl (C=O) groups excluding carboxylic acids is 2. The highest BCUT2D eigenvalue weighted by Gasteiger charge is 2.18. The predicted octanol–water partition coefficient (Wildman–Crippen LogP) is 4.08. The van der Waals surface area contributed by atoms with Gasteiger partial charge in [-0.2, -0.15) is 0 Å². The lowest BCUT2D eigenvalue weighted by molar-refractivity contribution is -0.114. The Kier molecular flexibility index (Phi) is 7.06. The van der Waals surface area contributed by atoms with Crippen LogP contribution in [0.25, 0.3) is 0 Å². The first-order valence-corrected chi connectivity index (χ1v) is 10.0. The molecule has 5 nitrogen and oxygen atoms in total. The van der Waals surface area contributed by atoms with Crippen molar-refractivity contribution in [2.24, 2.45) is 0 Å². The Morgan fingerprint density at radius 3 is 2.43 bits per heavy atom. The van der Waals surface area contributed by atoms with Gasteiger partial charge in [-0.3, -0.25) is 14.5 Å². The van der Waals surface area contributed by atoms with Crippen molar-refractivity contribution >= 4 is 34.7 Å². The number of anilines is 2. The van der Waals surface area contributed by atoms with E-state index in [1.807, 2.05) is 6.07 Å². The highest BCUT2D eigenvalue weighted by molar-refractivity contribution is 6.31. The van der Waals surface area contributed by atoms with E-state index >= 15 is 0 Å². The van der Waals surface area contributed by atoms with Crippen molar-refractivity contribution in [3.8, 4) is 0 Å². The van der Waals surface area contributed by atoms with E-state index in [0.29, 0.717) is 22.7 Å². The second-order valence-electron chi connectivity index (χ2n) is 7.06. The minimum absolute atomic E-state index is 0.0309. The van der Waals surface area contributed by atoms with Crippen LogP contribution in [-0.4, -0.2) is 49.3 Å². The van der Waals surface area contributed by atoms with Crippen LogP contribution in [0.3, 0.4) is 0 Å². The number of para-hydroxylation sites is 1. The van der Waals surface area contributed by atoms with Gasteiger partial charge in [0.2, 0.25) is 5.91 Å². The van der Waals surface area contributed by atoms with Gasteiger partial charge in [-0.1, -0.05) is 29.8 Å². The highest BCUT2D eigenvalue weighted by Crippen LogP contribution is 2.23. The van der Waals surface area contributed by atoms with Crippen LogP contribution in [-0.2, 0) is 4.79 Å². The number of Topliss-reactive ketones (excluding diaryl/α,β-unsaturated/α-hetero) is 1. The zero-order valence-corrected chi connectivity index (χ0v) is 16.9. The molecule has 6 heteroatoms. The zero-order valence-electron chi connectivity index (χ0n) is 16.2. The summed E-state index contributed by atoms with van der Waals surface area (Å²) in [6, 6.07) is 15.5. The molecule has 3 rings (SSSR count). The number of hydrogen-bond donors (Lipinski definition) is 1. The average molecular weight is 400 g/mol. The Hall–Kier alpha value is -2.37. The minimum Gasteiger partial charge on any atom is -0.369 e. The Labute approximate surface area is 171 Å². The summed E-state index contributed by atoms with van der Waals surface area (Å²) < 4.78 is 0. The summed E-state index contributed by atoms with van der Waals surface area (Å²) in [5, 5.41) is 3.19. The van der Waals surface area contributed by atoms with E-state index in [0.717, 1.165) is 39.1 Å². The van der Waals surface area contributed by atoms with Gasteiger partial charge in [0.1, 0.15) is 0 Å². The van der Waals surface area contributed by atoms with Crippen molar-refractivity contribution in [3.63, 3.8) is 0 Å². The maximum absolute atomic E-state index is 12.6. The van der Waals surface area contributed by atoms with E-state index in [9.17, 15) is 9.59 Å². The summed E-state index contributed by atoms with van der Waals surface area (Å²) in [5.74, 6) is -0.184. The number of carbonyl (C=O) groups is 2. The van der Waals surface area contributed by atoms with Crippen molar-refractivity contribution in [2.75, 3.05) is 42.9 Å². The molecule has 1 N–H and O–H groups in total. The summed E-state index contributed by atoms with van der Waals surface area (Å²) >= 11 is 5.99. The van der Waals surface area contributed by atoms with E-state index in [-0.39, 0.29) is 11.7 Å². The van der Waals surface area contributed by atoms with Gasteiger partial charge in [0.15, 0.2) is 5.78 Å². The standard InChI is InChI=1S/C22H26ClN3O2/c1-17(27)24-21-16-18(23)9-10-20(21)22(28)8-5-11-25-12-14-26(15-13-25)19-6-3-2-4-7-19/h2-4,6-7,9-10,16H,5,8,11-15H2,1H3,(H,24,27). The molecule has 1 fully saturated rings. The topological polar surface area (TPSA) is 52.7 Å². The molecule has 0 radical (unpaired) electrons. The molecule has 1 aliphatic rings. The Bertz CT molecular complexity index is 818. The average Bonchev–Trinajstić information content (AvgIpc) is 2.69. The van der Waals surface area contributed by atoms with Gasteiger partial charge in [0, 0.05) is 55.8 Å². The quantitative estimate of drug-likeness (QED) is 0.712. The van der Waals surface area contributed by atoms with Crippen LogP contribution in [0.1, 0.15) is 30.1 Å². The third-order valence-electron chi connectivity index (χ3n) is 4.96. The Morgan fingerprint density at radius 2 is 1.75 bits per heavy atom. The third kappa shape index (κ3) is 5.57. The molecule has 1 aliphatic heterocycles. The second kappa shape index (κ2) is 9.71. The number of nitrogens with one attached hydrogen (secondary N) is 1. The van der Waals surface area contributed by atoms with Crippen molar-refractivity contribution < 1.29 is 9.59 Å². The normalized spacial score (nSPS) is 14.7. The van der Waals surface area contributed by atoms with Crippen LogP contribution in [0, 0.1) is 0 Å². The van der Waals surface area contributed by atoms with Crippen LogP contribution in [0.4, 0.5) is 11.4 Å². The van der Waals surface area contributed by atoms with Gasteiger partial charge in [-0.15, -0.1) is 0 Å². The van der Waals surface area contributed by atoms with Crippen LogP contribution >= 0.6 is 11.6 Å². The van der Waals surface area contributed by atoms with Gasteiger partial charge in [-0.05, 0) is 43.3 Å². The first kappa shape index (κ1) is 20.4. The highest BCUT2D eigenvalue weighted by atomic mass is 35.5. The van der Waals surface area contributed by atoms with E-state index in [1.54, 1.807) is 18.2 Å². The maximum Gasteiger partial charge on any atom is 0.221 e. The molecule has 0 spiro atoms. The lowest BCUT2D eigenvalue weighted by Crippen LogP contribution is -2.46. The van der Waals surface area contributed by atoms with Crippen molar-refractivity contribution in [1.29, 1.82) is 0 Å². The second-order valence-corrected chi connectivity index (χ2v) is 7.50. The SMILES string of the molecule is CC(=O)Nc1cc(Cl)ccc1C(=O)CCCN1CCN(c2ccccc2)CC1. The largest absolute Gasteiger partial charge is 0.369 e. The number of ketones is 1. The lowest BCUT2D eigenvalue weighted by Gasteiger charge is -2.36. The van der Waals surface area contributed by atoms with Gasteiger partial charge >= 0.3 is 0 Å². The molecule has 0 saturated carbocycles. The third-order valence-corrected chi connectivity index (χ3v) is 5.20. The number of piperazine rings is 1. The molecular weight excluding hydrogens is 374 g/mol. The number of amides is 1. The van der Waals surface area contributed by atoms with E-state index < -0.39 is 0 Å². The van der Waals surface area contributed by atoms with Gasteiger partial charge in [-0.25, -0.2) is 0 Å². The maximum atomic E-state index is 12.6. The van der Waals surface area contributed by atoms with E-state index in [1.165, 1.54) is 12.6 Å². The molecule has 0 aliphatic carbocycles. The number of halogens is 1. The molecular formula is C22H26ClN3O2. The zero-order chi connectivity index (χ0) is 19.9. The molecule has 0 bridgehead atoms. The molecule has 0 atom stereocenters. The molecule has 1 heterocycles. The number of nitrogens with zero attached hydrogens (tertiary/aromatic N) is 2. The first-order chi connectivity index (χ1) is 13.5. The Balaban J connectivity index is 1.47. The number of benzene rings is 2. The molecule has 1 saturated heterocycles.